The van der Waals surface area contributed by atoms with Crippen LogP contribution < -0.4 is 14.8 Å². The van der Waals surface area contributed by atoms with Gasteiger partial charge in [-0.3, -0.25) is 4.79 Å². The van der Waals surface area contributed by atoms with Crippen LogP contribution in [0.25, 0.3) is 6.08 Å². The van der Waals surface area contributed by atoms with Gasteiger partial charge < -0.3 is 14.8 Å². The second-order valence-corrected chi connectivity index (χ2v) is 5.23. The Hall–Kier alpha value is -2.82. The summed E-state index contributed by atoms with van der Waals surface area (Å²) in [6.45, 7) is 3.46. The standard InChI is InChI=1S/C19H20FNO3/c1-4-5-14-7-9-17(18(11-14)23-3)24-12-19(22)21-16-8-6-13(2)10-15(16)20/h4-11H,12H2,1-3H3,(H,21,22)/b5-4+. The second kappa shape index (κ2) is 8.15. The summed E-state index contributed by atoms with van der Waals surface area (Å²) in [5, 5.41) is 2.49. The number of carbonyl (C=O) groups is 1. The summed E-state index contributed by atoms with van der Waals surface area (Å²) in [7, 11) is 1.53. The van der Waals surface area contributed by atoms with Gasteiger partial charge in [-0.25, -0.2) is 4.39 Å². The minimum absolute atomic E-state index is 0.129. The van der Waals surface area contributed by atoms with Crippen LogP contribution in [-0.4, -0.2) is 19.6 Å². The van der Waals surface area contributed by atoms with Gasteiger partial charge in [0, 0.05) is 0 Å². The molecule has 1 amide bonds. The maximum Gasteiger partial charge on any atom is 0.262 e. The maximum absolute atomic E-state index is 13.7. The number of hydrogen-bond acceptors (Lipinski definition) is 3. The molecule has 0 aromatic heterocycles. The highest BCUT2D eigenvalue weighted by Gasteiger charge is 2.10. The van der Waals surface area contributed by atoms with Gasteiger partial charge in [0.15, 0.2) is 18.1 Å². The number of anilines is 1. The third kappa shape index (κ3) is 4.59. The van der Waals surface area contributed by atoms with Gasteiger partial charge in [-0.15, -0.1) is 0 Å². The summed E-state index contributed by atoms with van der Waals surface area (Å²) >= 11 is 0. The van der Waals surface area contributed by atoms with Gasteiger partial charge in [0.05, 0.1) is 12.8 Å². The lowest BCUT2D eigenvalue weighted by Crippen LogP contribution is -2.21. The Morgan fingerprint density at radius 3 is 2.67 bits per heavy atom. The molecule has 0 aliphatic rings. The maximum atomic E-state index is 13.7. The minimum atomic E-state index is -0.475. The minimum Gasteiger partial charge on any atom is -0.493 e. The highest BCUT2D eigenvalue weighted by Crippen LogP contribution is 2.28. The first-order valence-electron chi connectivity index (χ1n) is 7.53. The number of hydrogen-bond donors (Lipinski definition) is 1. The molecule has 0 bridgehead atoms. The van der Waals surface area contributed by atoms with E-state index in [4.69, 9.17) is 9.47 Å². The normalized spacial score (nSPS) is 10.7. The number of halogens is 1. The van der Waals surface area contributed by atoms with Crippen LogP contribution in [0.2, 0.25) is 0 Å². The van der Waals surface area contributed by atoms with Crippen molar-refractivity contribution >= 4 is 17.7 Å². The smallest absolute Gasteiger partial charge is 0.262 e. The molecule has 0 saturated heterocycles. The topological polar surface area (TPSA) is 47.6 Å². The van der Waals surface area contributed by atoms with Crippen LogP contribution in [-0.2, 0) is 4.79 Å². The third-order valence-electron chi connectivity index (χ3n) is 3.30. The van der Waals surface area contributed by atoms with E-state index in [1.54, 1.807) is 19.1 Å². The van der Waals surface area contributed by atoms with E-state index in [0.717, 1.165) is 11.1 Å². The predicted octanol–water partition coefficient (Wildman–Crippen LogP) is 4.19. The Bertz CT molecular complexity index is 756. The molecule has 0 spiro atoms. The number of allylic oxidation sites excluding steroid dienone is 1. The lowest BCUT2D eigenvalue weighted by molar-refractivity contribution is -0.118. The summed E-state index contributed by atoms with van der Waals surface area (Å²) < 4.78 is 24.5. The van der Waals surface area contributed by atoms with E-state index in [1.807, 2.05) is 31.2 Å². The molecule has 2 aromatic rings. The van der Waals surface area contributed by atoms with Crippen molar-refractivity contribution in [2.45, 2.75) is 13.8 Å². The van der Waals surface area contributed by atoms with Crippen LogP contribution in [0.3, 0.4) is 0 Å². The van der Waals surface area contributed by atoms with Gasteiger partial charge in [-0.05, 0) is 49.2 Å². The SMILES string of the molecule is C/C=C/c1ccc(OCC(=O)Nc2ccc(C)cc2F)c(OC)c1. The fourth-order valence-corrected chi connectivity index (χ4v) is 2.15. The van der Waals surface area contributed by atoms with Crippen LogP contribution in [0.4, 0.5) is 10.1 Å². The molecule has 0 atom stereocenters. The van der Waals surface area contributed by atoms with Gasteiger partial charge in [-0.1, -0.05) is 24.3 Å². The fourth-order valence-electron chi connectivity index (χ4n) is 2.15. The summed E-state index contributed by atoms with van der Waals surface area (Å²) in [5.74, 6) is 0.0548. The number of methoxy groups -OCH3 is 1. The highest BCUT2D eigenvalue weighted by atomic mass is 19.1. The van der Waals surface area contributed by atoms with Crippen molar-refractivity contribution in [1.82, 2.24) is 0 Å². The molecule has 2 aromatic carbocycles. The van der Waals surface area contributed by atoms with Crippen LogP contribution in [0.15, 0.2) is 42.5 Å². The zero-order chi connectivity index (χ0) is 17.5. The van der Waals surface area contributed by atoms with E-state index < -0.39 is 11.7 Å². The van der Waals surface area contributed by atoms with Crippen LogP contribution in [0, 0.1) is 12.7 Å². The number of benzene rings is 2. The van der Waals surface area contributed by atoms with E-state index in [9.17, 15) is 9.18 Å². The average molecular weight is 329 g/mol. The van der Waals surface area contributed by atoms with Crippen LogP contribution in [0.1, 0.15) is 18.1 Å². The van der Waals surface area contributed by atoms with Crippen LogP contribution >= 0.6 is 0 Å². The summed E-state index contributed by atoms with van der Waals surface area (Å²) in [5.41, 5.74) is 1.88. The number of ether oxygens (including phenoxy) is 2. The van der Waals surface area contributed by atoms with E-state index in [0.29, 0.717) is 11.5 Å². The zero-order valence-corrected chi connectivity index (χ0v) is 13.9. The van der Waals surface area contributed by atoms with Crippen LogP contribution in [0.5, 0.6) is 11.5 Å². The van der Waals surface area contributed by atoms with Gasteiger partial charge in [0.2, 0.25) is 0 Å². The van der Waals surface area contributed by atoms with Gasteiger partial charge in [0.1, 0.15) is 5.82 Å². The molecule has 0 unspecified atom stereocenters. The second-order valence-electron chi connectivity index (χ2n) is 5.23. The number of carbonyl (C=O) groups excluding carboxylic acids is 1. The summed E-state index contributed by atoms with van der Waals surface area (Å²) in [6, 6.07) is 10.0. The predicted molar refractivity (Wildman–Crippen MR) is 93.0 cm³/mol. The first-order chi connectivity index (χ1) is 11.5. The van der Waals surface area contributed by atoms with Gasteiger partial charge in [-0.2, -0.15) is 0 Å². The zero-order valence-electron chi connectivity index (χ0n) is 13.9. The van der Waals surface area contributed by atoms with E-state index >= 15 is 0 Å². The van der Waals surface area contributed by atoms with E-state index in [-0.39, 0.29) is 12.3 Å². The molecular weight excluding hydrogens is 309 g/mol. The van der Waals surface area contributed by atoms with Crippen molar-refractivity contribution in [2.24, 2.45) is 0 Å². The first-order valence-corrected chi connectivity index (χ1v) is 7.53. The molecule has 5 heteroatoms. The van der Waals surface area contributed by atoms with Crippen molar-refractivity contribution in [3.05, 3.63) is 59.4 Å². The molecule has 1 N–H and O–H groups in total. The molecular formula is C19H20FNO3. The van der Waals surface area contributed by atoms with Crippen molar-refractivity contribution in [1.29, 1.82) is 0 Å². The molecule has 126 valence electrons. The van der Waals surface area contributed by atoms with Gasteiger partial charge in [0.25, 0.3) is 5.91 Å². The lowest BCUT2D eigenvalue weighted by Gasteiger charge is -2.12. The first kappa shape index (κ1) is 17.5. The molecule has 0 radical (unpaired) electrons. The highest BCUT2D eigenvalue weighted by molar-refractivity contribution is 5.92. The number of nitrogens with one attached hydrogen (secondary N) is 1. The molecule has 2 rings (SSSR count). The molecule has 0 aliphatic carbocycles. The monoisotopic (exact) mass is 329 g/mol. The summed E-state index contributed by atoms with van der Waals surface area (Å²) in [4.78, 5) is 11.9. The largest absolute Gasteiger partial charge is 0.493 e. The summed E-state index contributed by atoms with van der Waals surface area (Å²) in [6.07, 6.45) is 3.85. The van der Waals surface area contributed by atoms with E-state index in [2.05, 4.69) is 5.32 Å². The number of amides is 1. The van der Waals surface area contributed by atoms with Crippen molar-refractivity contribution in [2.75, 3.05) is 19.0 Å². The van der Waals surface area contributed by atoms with Crippen molar-refractivity contribution in [3.63, 3.8) is 0 Å². The fraction of sp³-hybridized carbons (Fsp3) is 0.211. The lowest BCUT2D eigenvalue weighted by atomic mass is 10.2. The molecule has 4 nitrogen and oxygen atoms in total. The molecule has 0 aliphatic heterocycles. The van der Waals surface area contributed by atoms with Gasteiger partial charge >= 0.3 is 0 Å². The molecule has 0 saturated carbocycles. The molecule has 0 fully saturated rings. The Balaban J connectivity index is 2.01. The quantitative estimate of drug-likeness (QED) is 0.864. The Labute approximate surface area is 140 Å². The molecule has 24 heavy (non-hydrogen) atoms. The molecule has 0 heterocycles. The van der Waals surface area contributed by atoms with E-state index in [1.165, 1.54) is 19.2 Å². The Kier molecular flexibility index (Phi) is 5.95. The Morgan fingerprint density at radius 1 is 1.21 bits per heavy atom. The third-order valence-corrected chi connectivity index (χ3v) is 3.30. The van der Waals surface area contributed by atoms with Crippen molar-refractivity contribution in [3.8, 4) is 11.5 Å². The number of aryl methyl sites for hydroxylation is 1. The number of rotatable bonds is 6. The average Bonchev–Trinajstić information content (AvgIpc) is 2.56. The van der Waals surface area contributed by atoms with Crippen molar-refractivity contribution < 1.29 is 18.7 Å². The Morgan fingerprint density at radius 2 is 2.00 bits per heavy atom.